The molecule has 0 amide bonds. The van der Waals surface area contributed by atoms with E-state index in [0.717, 1.165) is 20.3 Å². The van der Waals surface area contributed by atoms with Gasteiger partial charge in [0.25, 0.3) is 5.56 Å². The van der Waals surface area contributed by atoms with Crippen molar-refractivity contribution in [3.63, 3.8) is 0 Å². The molecule has 0 atom stereocenters. The second-order valence-electron chi connectivity index (χ2n) is 6.37. The maximum absolute atomic E-state index is 12.9. The van der Waals surface area contributed by atoms with E-state index >= 15 is 0 Å². The van der Waals surface area contributed by atoms with E-state index < -0.39 is 17.1 Å². The fourth-order valence-corrected chi connectivity index (χ4v) is 3.08. The maximum Gasteiger partial charge on any atom is 0.333 e. The lowest BCUT2D eigenvalue weighted by Crippen LogP contribution is -2.37. The van der Waals surface area contributed by atoms with Crippen molar-refractivity contribution in [2.75, 3.05) is 0 Å². The summed E-state index contributed by atoms with van der Waals surface area (Å²) in [7, 11) is 2.79. The summed E-state index contributed by atoms with van der Waals surface area (Å²) in [5.74, 6) is -0.0273. The molecule has 0 saturated heterocycles. The van der Waals surface area contributed by atoms with Crippen LogP contribution >= 0.6 is 0 Å². The molecule has 0 radical (unpaired) electrons. The third-order valence-electron chi connectivity index (χ3n) is 4.60. The number of aryl methyl sites for hydroxylation is 1. The smallest absolute Gasteiger partial charge is 0.333 e. The average Bonchev–Trinajstić information content (AvgIpc) is 3.05. The molecule has 0 saturated carbocycles. The molecular weight excluding hydrogens is 346 g/mol. The van der Waals surface area contributed by atoms with Crippen LogP contribution in [-0.2, 0) is 14.1 Å². The minimum atomic E-state index is -0.606. The molecule has 3 aromatic heterocycles. The van der Waals surface area contributed by atoms with Crippen LogP contribution in [0.1, 0.15) is 5.56 Å². The molecule has 136 valence electrons. The highest BCUT2D eigenvalue weighted by Crippen LogP contribution is 2.34. The van der Waals surface area contributed by atoms with Gasteiger partial charge in [0.15, 0.2) is 0 Å². The fourth-order valence-electron chi connectivity index (χ4n) is 3.08. The molecule has 0 bridgehead atoms. The highest BCUT2D eigenvalue weighted by atomic mass is 16.3. The number of hydrogen-bond donors (Lipinski definition) is 1. The van der Waals surface area contributed by atoms with Crippen LogP contribution in [0, 0.1) is 6.92 Å². The molecule has 4 aromatic rings. The normalized spacial score (nSPS) is 11.2. The molecule has 1 N–H and O–H groups in total. The number of rotatable bonds is 2. The Bertz CT molecular complexity index is 1300. The molecule has 0 fully saturated rings. The zero-order valence-corrected chi connectivity index (χ0v) is 15.0. The molecule has 0 unspecified atom stereocenters. The summed E-state index contributed by atoms with van der Waals surface area (Å²) >= 11 is 0. The molecule has 0 aliphatic carbocycles. The van der Waals surface area contributed by atoms with Crippen LogP contribution < -0.4 is 11.2 Å². The van der Waals surface area contributed by atoms with E-state index in [1.54, 1.807) is 22.9 Å². The summed E-state index contributed by atoms with van der Waals surface area (Å²) in [4.78, 5) is 33.8. The first kappa shape index (κ1) is 16.8. The Morgan fingerprint density at radius 1 is 1.04 bits per heavy atom. The lowest BCUT2D eigenvalue weighted by molar-refractivity contribution is 0.414. The minimum Gasteiger partial charge on any atom is -0.494 e. The molecule has 3 heterocycles. The van der Waals surface area contributed by atoms with Gasteiger partial charge in [-0.15, -0.1) is 0 Å². The van der Waals surface area contributed by atoms with Crippen molar-refractivity contribution >= 4 is 5.78 Å². The van der Waals surface area contributed by atoms with Crippen LogP contribution in [0.3, 0.4) is 0 Å². The van der Waals surface area contributed by atoms with E-state index in [1.807, 2.05) is 31.2 Å². The second-order valence-corrected chi connectivity index (χ2v) is 6.37. The van der Waals surface area contributed by atoms with E-state index in [0.29, 0.717) is 17.2 Å². The molecule has 8 heteroatoms. The van der Waals surface area contributed by atoms with E-state index in [1.165, 1.54) is 14.1 Å². The summed E-state index contributed by atoms with van der Waals surface area (Å²) in [6.07, 6.45) is 3.32. The van der Waals surface area contributed by atoms with Crippen molar-refractivity contribution in [2.45, 2.75) is 6.92 Å². The predicted molar refractivity (Wildman–Crippen MR) is 101 cm³/mol. The topological polar surface area (TPSA) is 94.4 Å². The van der Waals surface area contributed by atoms with Crippen molar-refractivity contribution < 1.29 is 5.11 Å². The van der Waals surface area contributed by atoms with Crippen molar-refractivity contribution in [3.8, 4) is 28.4 Å². The Labute approximate surface area is 153 Å². The van der Waals surface area contributed by atoms with Gasteiger partial charge >= 0.3 is 5.69 Å². The highest BCUT2D eigenvalue weighted by Gasteiger charge is 2.25. The lowest BCUT2D eigenvalue weighted by atomic mass is 10.0. The highest BCUT2D eigenvalue weighted by molar-refractivity contribution is 5.83. The number of nitrogens with zero attached hydrogens (tertiary/aromatic N) is 5. The number of hydrogen-bond acceptors (Lipinski definition) is 5. The number of aromatic hydroxyl groups is 1. The first-order valence-electron chi connectivity index (χ1n) is 8.29. The largest absolute Gasteiger partial charge is 0.494 e. The van der Waals surface area contributed by atoms with Gasteiger partial charge in [-0.25, -0.2) is 14.8 Å². The zero-order valence-electron chi connectivity index (χ0n) is 15.0. The van der Waals surface area contributed by atoms with Crippen LogP contribution in [0.2, 0.25) is 0 Å². The molecule has 0 aliphatic heterocycles. The number of fused-ring (bicyclic) bond motifs is 1. The number of imidazole rings is 1. The summed E-state index contributed by atoms with van der Waals surface area (Å²) in [5.41, 5.74) is 1.53. The summed E-state index contributed by atoms with van der Waals surface area (Å²) < 4.78 is 3.63. The fraction of sp³-hybridized carbons (Fsp3) is 0.158. The van der Waals surface area contributed by atoms with E-state index in [2.05, 4.69) is 9.97 Å². The maximum atomic E-state index is 12.9. The van der Waals surface area contributed by atoms with Crippen LogP contribution in [0.15, 0.2) is 52.3 Å². The third kappa shape index (κ3) is 2.45. The lowest BCUT2D eigenvalue weighted by Gasteiger charge is -2.11. The first-order chi connectivity index (χ1) is 12.9. The van der Waals surface area contributed by atoms with Crippen LogP contribution in [-0.4, -0.2) is 28.6 Å². The average molecular weight is 363 g/mol. The van der Waals surface area contributed by atoms with Gasteiger partial charge in [0.1, 0.15) is 5.56 Å². The second kappa shape index (κ2) is 5.94. The molecule has 1 aromatic carbocycles. The van der Waals surface area contributed by atoms with Crippen molar-refractivity contribution in [1.29, 1.82) is 0 Å². The van der Waals surface area contributed by atoms with Gasteiger partial charge in [-0.2, -0.15) is 0 Å². The van der Waals surface area contributed by atoms with Gasteiger partial charge in [0.05, 0.1) is 11.4 Å². The van der Waals surface area contributed by atoms with Gasteiger partial charge < -0.3 is 5.11 Å². The molecule has 27 heavy (non-hydrogen) atoms. The Balaban J connectivity index is 2.18. The minimum absolute atomic E-state index is 0.00400. The Hall–Kier alpha value is -3.68. The Kier molecular flexibility index (Phi) is 3.69. The van der Waals surface area contributed by atoms with Gasteiger partial charge in [-0.3, -0.25) is 18.3 Å². The molecule has 0 spiro atoms. The van der Waals surface area contributed by atoms with Crippen molar-refractivity contribution in [2.24, 2.45) is 14.1 Å². The Morgan fingerprint density at radius 3 is 2.44 bits per heavy atom. The number of benzene rings is 1. The number of aromatic nitrogens is 5. The van der Waals surface area contributed by atoms with Crippen LogP contribution in [0.5, 0.6) is 5.88 Å². The van der Waals surface area contributed by atoms with Gasteiger partial charge in [-0.05, 0) is 13.0 Å². The van der Waals surface area contributed by atoms with Gasteiger partial charge in [0, 0.05) is 32.1 Å². The summed E-state index contributed by atoms with van der Waals surface area (Å²) in [6, 6.07) is 9.37. The van der Waals surface area contributed by atoms with Crippen LogP contribution in [0.4, 0.5) is 0 Å². The summed E-state index contributed by atoms with van der Waals surface area (Å²) in [6.45, 7) is 1.98. The molecule has 4 rings (SSSR count). The first-order valence-corrected chi connectivity index (χ1v) is 8.29. The van der Waals surface area contributed by atoms with Crippen molar-refractivity contribution in [3.05, 3.63) is 69.1 Å². The molecular formula is C19H17N5O3. The van der Waals surface area contributed by atoms with E-state index in [4.69, 9.17) is 0 Å². The third-order valence-corrected chi connectivity index (χ3v) is 4.60. The zero-order chi connectivity index (χ0) is 19.3. The Morgan fingerprint density at radius 2 is 1.74 bits per heavy atom. The van der Waals surface area contributed by atoms with E-state index in [9.17, 15) is 14.7 Å². The van der Waals surface area contributed by atoms with E-state index in [-0.39, 0.29) is 5.56 Å². The van der Waals surface area contributed by atoms with Crippen molar-refractivity contribution in [1.82, 2.24) is 23.5 Å². The standard InChI is InChI=1S/C19H17N5O3/c1-11-5-7-12(8-6-11)14-15(24-10-4-9-20-18(24)21-14)13-16(25)22(2)19(27)23(3)17(13)26/h4-10,25H,1-3H3. The summed E-state index contributed by atoms with van der Waals surface area (Å²) in [5, 5.41) is 10.6. The molecule has 0 aliphatic rings. The quantitative estimate of drug-likeness (QED) is 0.582. The monoisotopic (exact) mass is 363 g/mol. The SMILES string of the molecule is Cc1ccc(-c2nc3ncccn3c2-c2c(O)n(C)c(=O)n(C)c2=O)cc1. The van der Waals surface area contributed by atoms with Gasteiger partial charge in [-0.1, -0.05) is 29.8 Å². The predicted octanol–water partition coefficient (Wildman–Crippen LogP) is 1.47. The molecule has 8 nitrogen and oxygen atoms in total. The van der Waals surface area contributed by atoms with Crippen LogP contribution in [0.25, 0.3) is 28.3 Å². The van der Waals surface area contributed by atoms with Gasteiger partial charge in [0.2, 0.25) is 11.7 Å².